The van der Waals surface area contributed by atoms with E-state index in [-0.39, 0.29) is 0 Å². The molecule has 1 saturated carbocycles. The largest absolute Gasteiger partial charge is 0.303 e. The van der Waals surface area contributed by atoms with E-state index in [9.17, 15) is 0 Å². The smallest absolute Gasteiger partial charge is 0.0234 e. The van der Waals surface area contributed by atoms with Gasteiger partial charge in [0, 0.05) is 38.1 Å². The summed E-state index contributed by atoms with van der Waals surface area (Å²) in [7, 11) is 2.38. The van der Waals surface area contributed by atoms with Crippen molar-refractivity contribution in [2.45, 2.75) is 57.5 Å². The van der Waals surface area contributed by atoms with E-state index < -0.39 is 0 Å². The second-order valence-corrected chi connectivity index (χ2v) is 9.19. The second-order valence-electron chi connectivity index (χ2n) is 9.19. The molecule has 2 fully saturated rings. The van der Waals surface area contributed by atoms with Crippen LogP contribution in [0.25, 0.3) is 0 Å². The van der Waals surface area contributed by atoms with Gasteiger partial charge in [0.2, 0.25) is 0 Å². The lowest BCUT2D eigenvalue weighted by Crippen LogP contribution is -2.38. The molecule has 1 aliphatic heterocycles. The van der Waals surface area contributed by atoms with Crippen molar-refractivity contribution >= 4 is 0 Å². The zero-order chi connectivity index (χ0) is 19.3. The van der Waals surface area contributed by atoms with Gasteiger partial charge in [-0.3, -0.25) is 4.90 Å². The molecule has 150 valence electrons. The van der Waals surface area contributed by atoms with Gasteiger partial charge in [-0.2, -0.15) is 0 Å². The summed E-state index contributed by atoms with van der Waals surface area (Å²) in [5.74, 6) is 1.37. The standard InChI is InChI=1S/C26H36N2/c1-21-13-15-23(16-14-21)26-20-28(17-22-9-5-3-6-10-22)19-24(26)18-27(2)25-11-7-4-8-12-25/h3,5-6,9-10,13-16,24-26H,4,7-8,11-12,17-20H2,1-2H3. The van der Waals surface area contributed by atoms with Gasteiger partial charge in [-0.1, -0.05) is 79.4 Å². The maximum absolute atomic E-state index is 2.69. The predicted octanol–water partition coefficient (Wildman–Crippen LogP) is 5.48. The molecule has 2 unspecified atom stereocenters. The van der Waals surface area contributed by atoms with Crippen LogP contribution in [0, 0.1) is 12.8 Å². The van der Waals surface area contributed by atoms with E-state index in [0.29, 0.717) is 5.92 Å². The van der Waals surface area contributed by atoms with Crippen LogP contribution in [0.1, 0.15) is 54.7 Å². The number of rotatable bonds is 6. The minimum Gasteiger partial charge on any atom is -0.303 e. The van der Waals surface area contributed by atoms with Crippen molar-refractivity contribution in [2.24, 2.45) is 5.92 Å². The second kappa shape index (κ2) is 9.24. The molecular weight excluding hydrogens is 340 g/mol. The molecule has 0 spiro atoms. The lowest BCUT2D eigenvalue weighted by atomic mass is 9.87. The quantitative estimate of drug-likeness (QED) is 0.659. The van der Waals surface area contributed by atoms with E-state index >= 15 is 0 Å². The van der Waals surface area contributed by atoms with Crippen molar-refractivity contribution in [1.82, 2.24) is 9.80 Å². The number of nitrogens with zero attached hydrogens (tertiary/aromatic N) is 2. The summed E-state index contributed by atoms with van der Waals surface area (Å²) < 4.78 is 0. The van der Waals surface area contributed by atoms with Gasteiger partial charge in [0.25, 0.3) is 0 Å². The van der Waals surface area contributed by atoms with Crippen molar-refractivity contribution in [3.8, 4) is 0 Å². The molecule has 0 N–H and O–H groups in total. The summed E-state index contributed by atoms with van der Waals surface area (Å²) in [5, 5.41) is 0. The van der Waals surface area contributed by atoms with Crippen LogP contribution in [0.15, 0.2) is 54.6 Å². The first-order chi connectivity index (χ1) is 13.7. The molecule has 2 aromatic carbocycles. The van der Waals surface area contributed by atoms with Gasteiger partial charge >= 0.3 is 0 Å². The van der Waals surface area contributed by atoms with E-state index in [1.54, 1.807) is 0 Å². The number of likely N-dealkylation sites (tertiary alicyclic amines) is 1. The lowest BCUT2D eigenvalue weighted by Gasteiger charge is -2.34. The van der Waals surface area contributed by atoms with Crippen LogP contribution in [-0.2, 0) is 6.54 Å². The molecule has 4 rings (SSSR count). The van der Waals surface area contributed by atoms with E-state index in [1.165, 1.54) is 68.4 Å². The first-order valence-electron chi connectivity index (χ1n) is 11.2. The Morgan fingerprint density at radius 2 is 1.61 bits per heavy atom. The van der Waals surface area contributed by atoms with E-state index in [2.05, 4.69) is 78.4 Å². The highest BCUT2D eigenvalue weighted by atomic mass is 15.2. The van der Waals surface area contributed by atoms with Crippen LogP contribution in [-0.4, -0.2) is 42.5 Å². The minimum atomic E-state index is 0.648. The van der Waals surface area contributed by atoms with Crippen LogP contribution >= 0.6 is 0 Å². The molecule has 2 nitrogen and oxygen atoms in total. The van der Waals surface area contributed by atoms with Gasteiger partial charge in [-0.25, -0.2) is 0 Å². The summed E-state index contributed by atoms with van der Waals surface area (Å²) in [4.78, 5) is 5.37. The molecule has 1 heterocycles. The highest BCUT2D eigenvalue weighted by Gasteiger charge is 2.35. The molecule has 2 aromatic rings. The fourth-order valence-corrected chi connectivity index (χ4v) is 5.35. The van der Waals surface area contributed by atoms with Crippen molar-refractivity contribution in [3.63, 3.8) is 0 Å². The first-order valence-corrected chi connectivity index (χ1v) is 11.2. The Balaban J connectivity index is 1.47. The van der Waals surface area contributed by atoms with Crippen molar-refractivity contribution in [3.05, 3.63) is 71.3 Å². The lowest BCUT2D eigenvalue weighted by molar-refractivity contribution is 0.162. The SMILES string of the molecule is Cc1ccc(C2CN(Cc3ccccc3)CC2CN(C)C2CCCCC2)cc1. The van der Waals surface area contributed by atoms with Crippen molar-refractivity contribution in [1.29, 1.82) is 0 Å². The number of aryl methyl sites for hydroxylation is 1. The van der Waals surface area contributed by atoms with Crippen LogP contribution in [0.5, 0.6) is 0 Å². The van der Waals surface area contributed by atoms with Crippen molar-refractivity contribution < 1.29 is 0 Å². The third kappa shape index (κ3) is 4.85. The van der Waals surface area contributed by atoms with Gasteiger partial charge in [0.1, 0.15) is 0 Å². The normalized spacial score (nSPS) is 24.1. The highest BCUT2D eigenvalue weighted by molar-refractivity contribution is 5.27. The fourth-order valence-electron chi connectivity index (χ4n) is 5.35. The first kappa shape index (κ1) is 19.7. The molecule has 0 aromatic heterocycles. The number of hydrogen-bond donors (Lipinski definition) is 0. The third-order valence-electron chi connectivity index (χ3n) is 6.99. The van der Waals surface area contributed by atoms with Gasteiger partial charge < -0.3 is 4.90 Å². The van der Waals surface area contributed by atoms with E-state index in [4.69, 9.17) is 0 Å². The summed E-state index contributed by atoms with van der Waals surface area (Å²) in [6.07, 6.45) is 7.06. The average molecular weight is 377 g/mol. The van der Waals surface area contributed by atoms with Gasteiger partial charge in [0.05, 0.1) is 0 Å². The average Bonchev–Trinajstić information content (AvgIpc) is 3.12. The Morgan fingerprint density at radius 3 is 2.32 bits per heavy atom. The zero-order valence-electron chi connectivity index (χ0n) is 17.7. The highest BCUT2D eigenvalue weighted by Crippen LogP contribution is 2.35. The predicted molar refractivity (Wildman–Crippen MR) is 119 cm³/mol. The Kier molecular flexibility index (Phi) is 6.49. The topological polar surface area (TPSA) is 6.48 Å². The number of benzene rings is 2. The van der Waals surface area contributed by atoms with Crippen LogP contribution < -0.4 is 0 Å². The Bertz CT molecular complexity index is 718. The summed E-state index contributed by atoms with van der Waals surface area (Å²) >= 11 is 0. The minimum absolute atomic E-state index is 0.648. The third-order valence-corrected chi connectivity index (χ3v) is 6.99. The molecular formula is C26H36N2. The maximum atomic E-state index is 2.69. The van der Waals surface area contributed by atoms with Gasteiger partial charge in [0.15, 0.2) is 0 Å². The summed E-state index contributed by atoms with van der Waals surface area (Å²) in [5.41, 5.74) is 4.33. The molecule has 2 aliphatic rings. The molecule has 28 heavy (non-hydrogen) atoms. The van der Waals surface area contributed by atoms with Crippen LogP contribution in [0.3, 0.4) is 0 Å². The Labute approximate surface area is 171 Å². The number of hydrogen-bond acceptors (Lipinski definition) is 2. The monoisotopic (exact) mass is 376 g/mol. The van der Waals surface area contributed by atoms with Gasteiger partial charge in [-0.05, 0) is 43.9 Å². The Morgan fingerprint density at radius 1 is 0.893 bits per heavy atom. The molecule has 1 saturated heterocycles. The summed E-state index contributed by atoms with van der Waals surface area (Å²) in [6.45, 7) is 6.89. The molecule has 0 amide bonds. The van der Waals surface area contributed by atoms with E-state index in [1.807, 2.05) is 0 Å². The van der Waals surface area contributed by atoms with Crippen LogP contribution in [0.4, 0.5) is 0 Å². The van der Waals surface area contributed by atoms with Crippen LogP contribution in [0.2, 0.25) is 0 Å². The summed E-state index contributed by atoms with van der Waals surface area (Å²) in [6, 6.07) is 21.1. The Hall–Kier alpha value is -1.64. The fraction of sp³-hybridized carbons (Fsp3) is 0.538. The molecule has 0 bridgehead atoms. The molecule has 0 radical (unpaired) electrons. The van der Waals surface area contributed by atoms with E-state index in [0.717, 1.165) is 18.5 Å². The molecule has 2 atom stereocenters. The molecule has 2 heteroatoms. The van der Waals surface area contributed by atoms with Crippen molar-refractivity contribution in [2.75, 3.05) is 26.7 Å². The molecule has 1 aliphatic carbocycles. The maximum Gasteiger partial charge on any atom is 0.0234 e. The zero-order valence-corrected chi connectivity index (χ0v) is 17.7. The van der Waals surface area contributed by atoms with Gasteiger partial charge in [-0.15, -0.1) is 0 Å².